The van der Waals surface area contributed by atoms with Crippen LogP contribution in [0, 0.1) is 5.92 Å². The number of hydrogen-bond donors (Lipinski definition) is 0. The summed E-state index contributed by atoms with van der Waals surface area (Å²) in [7, 11) is -2.90. The SMILES string of the molecule is CC1CCCN(C(=O)CSCCS(C)(=O)=O)C1. The summed E-state index contributed by atoms with van der Waals surface area (Å²) in [4.78, 5) is 13.7. The fourth-order valence-electron chi connectivity index (χ4n) is 1.88. The maximum absolute atomic E-state index is 11.8. The number of nitrogens with zero attached hydrogens (tertiary/aromatic N) is 1. The first-order valence-corrected chi connectivity index (χ1v) is 9.13. The molecule has 1 rings (SSSR count). The highest BCUT2D eigenvalue weighted by Gasteiger charge is 2.20. The zero-order chi connectivity index (χ0) is 12.9. The quantitative estimate of drug-likeness (QED) is 0.705. The molecule has 1 atom stereocenters. The van der Waals surface area contributed by atoms with Gasteiger partial charge < -0.3 is 4.90 Å². The van der Waals surface area contributed by atoms with E-state index in [1.54, 1.807) is 0 Å². The molecule has 6 heteroatoms. The molecule has 1 aliphatic heterocycles. The lowest BCUT2D eigenvalue weighted by Crippen LogP contribution is -2.40. The van der Waals surface area contributed by atoms with Crippen LogP contribution in [0.4, 0.5) is 0 Å². The van der Waals surface area contributed by atoms with E-state index < -0.39 is 9.84 Å². The van der Waals surface area contributed by atoms with Gasteiger partial charge in [-0.2, -0.15) is 11.8 Å². The van der Waals surface area contributed by atoms with Gasteiger partial charge in [-0.3, -0.25) is 4.79 Å². The molecule has 4 nitrogen and oxygen atoms in total. The zero-order valence-corrected chi connectivity index (χ0v) is 12.1. The Morgan fingerprint density at radius 3 is 2.76 bits per heavy atom. The average molecular weight is 279 g/mol. The third kappa shape index (κ3) is 6.31. The van der Waals surface area contributed by atoms with Crippen molar-refractivity contribution in [1.29, 1.82) is 0 Å². The first-order valence-electron chi connectivity index (χ1n) is 5.92. The summed E-state index contributed by atoms with van der Waals surface area (Å²) in [6.45, 7) is 3.87. The molecular formula is C11H21NO3S2. The van der Waals surface area contributed by atoms with Crippen molar-refractivity contribution in [3.8, 4) is 0 Å². The Morgan fingerprint density at radius 1 is 1.47 bits per heavy atom. The summed E-state index contributed by atoms with van der Waals surface area (Å²) in [5.41, 5.74) is 0. The van der Waals surface area contributed by atoms with Crippen LogP contribution < -0.4 is 0 Å². The first kappa shape index (κ1) is 14.8. The lowest BCUT2D eigenvalue weighted by molar-refractivity contribution is -0.130. The minimum Gasteiger partial charge on any atom is -0.342 e. The second kappa shape index (κ2) is 6.64. The van der Waals surface area contributed by atoms with Crippen molar-refractivity contribution in [1.82, 2.24) is 4.90 Å². The largest absolute Gasteiger partial charge is 0.342 e. The number of likely N-dealkylation sites (tertiary alicyclic amines) is 1. The maximum atomic E-state index is 11.8. The molecule has 0 aliphatic carbocycles. The molecule has 1 fully saturated rings. The number of rotatable bonds is 5. The van der Waals surface area contributed by atoms with Crippen molar-refractivity contribution < 1.29 is 13.2 Å². The number of hydrogen-bond acceptors (Lipinski definition) is 4. The summed E-state index contributed by atoms with van der Waals surface area (Å²) < 4.78 is 21.8. The standard InChI is InChI=1S/C11H21NO3S2/c1-10-4-3-5-12(8-10)11(13)9-16-6-7-17(2,14)15/h10H,3-9H2,1-2H3. The summed E-state index contributed by atoms with van der Waals surface area (Å²) >= 11 is 1.41. The molecule has 1 heterocycles. The number of carbonyl (C=O) groups is 1. The van der Waals surface area contributed by atoms with E-state index in [0.717, 1.165) is 19.5 Å². The normalized spacial score (nSPS) is 21.5. The second-order valence-electron chi connectivity index (χ2n) is 4.77. The van der Waals surface area contributed by atoms with Gasteiger partial charge in [0.15, 0.2) is 0 Å². The minimum absolute atomic E-state index is 0.148. The van der Waals surface area contributed by atoms with Crippen molar-refractivity contribution in [2.45, 2.75) is 19.8 Å². The van der Waals surface area contributed by atoms with Crippen LogP contribution in [0.3, 0.4) is 0 Å². The van der Waals surface area contributed by atoms with Crippen molar-refractivity contribution in [3.63, 3.8) is 0 Å². The van der Waals surface area contributed by atoms with Gasteiger partial charge in [0, 0.05) is 25.1 Å². The van der Waals surface area contributed by atoms with Crippen LogP contribution in [0.15, 0.2) is 0 Å². The van der Waals surface area contributed by atoms with Crippen molar-refractivity contribution in [3.05, 3.63) is 0 Å². The van der Waals surface area contributed by atoms with E-state index in [0.29, 0.717) is 17.4 Å². The van der Waals surface area contributed by atoms with Gasteiger partial charge in [-0.15, -0.1) is 0 Å². The molecule has 1 saturated heterocycles. The molecular weight excluding hydrogens is 258 g/mol. The lowest BCUT2D eigenvalue weighted by atomic mass is 10.0. The summed E-state index contributed by atoms with van der Waals surface area (Å²) in [6, 6.07) is 0. The van der Waals surface area contributed by atoms with E-state index >= 15 is 0 Å². The van der Waals surface area contributed by atoms with Crippen molar-refractivity contribution >= 4 is 27.5 Å². The van der Waals surface area contributed by atoms with Crippen LogP contribution >= 0.6 is 11.8 Å². The molecule has 17 heavy (non-hydrogen) atoms. The molecule has 1 amide bonds. The van der Waals surface area contributed by atoms with Gasteiger partial charge in [-0.1, -0.05) is 6.92 Å². The second-order valence-corrected chi connectivity index (χ2v) is 8.13. The summed E-state index contributed by atoms with van der Waals surface area (Å²) in [5.74, 6) is 1.81. The molecule has 0 radical (unpaired) electrons. The van der Waals surface area contributed by atoms with Gasteiger partial charge in [0.1, 0.15) is 9.84 Å². The van der Waals surface area contributed by atoms with Crippen molar-refractivity contribution in [2.24, 2.45) is 5.92 Å². The number of sulfone groups is 1. The molecule has 0 aromatic carbocycles. The van der Waals surface area contributed by atoms with E-state index in [1.807, 2.05) is 4.90 Å². The molecule has 0 bridgehead atoms. The van der Waals surface area contributed by atoms with Crippen LogP contribution in [-0.2, 0) is 14.6 Å². The smallest absolute Gasteiger partial charge is 0.232 e. The summed E-state index contributed by atoms with van der Waals surface area (Å²) in [5, 5.41) is 0. The van der Waals surface area contributed by atoms with Crippen LogP contribution in [0.1, 0.15) is 19.8 Å². The van der Waals surface area contributed by atoms with Gasteiger partial charge >= 0.3 is 0 Å². The molecule has 0 N–H and O–H groups in total. The average Bonchev–Trinajstić information content (AvgIpc) is 2.23. The van der Waals surface area contributed by atoms with E-state index in [-0.39, 0.29) is 11.7 Å². The molecule has 100 valence electrons. The minimum atomic E-state index is -2.90. The summed E-state index contributed by atoms with van der Waals surface area (Å²) in [6.07, 6.45) is 3.51. The molecule has 0 saturated carbocycles. The fourth-order valence-corrected chi connectivity index (χ4v) is 4.06. The number of piperidine rings is 1. The Balaban J connectivity index is 2.20. The van der Waals surface area contributed by atoms with Crippen LogP contribution in [0.5, 0.6) is 0 Å². The Hall–Kier alpha value is -0.230. The van der Waals surface area contributed by atoms with Crippen LogP contribution in [0.2, 0.25) is 0 Å². The third-order valence-corrected chi connectivity index (χ3v) is 4.98. The molecule has 0 aromatic heterocycles. The highest BCUT2D eigenvalue weighted by molar-refractivity contribution is 8.01. The third-order valence-electron chi connectivity index (χ3n) is 2.83. The monoisotopic (exact) mass is 279 g/mol. The maximum Gasteiger partial charge on any atom is 0.232 e. The molecule has 0 aromatic rings. The Kier molecular flexibility index (Phi) is 5.79. The highest BCUT2D eigenvalue weighted by Crippen LogP contribution is 2.16. The van der Waals surface area contributed by atoms with Gasteiger partial charge in [0.05, 0.1) is 11.5 Å². The number of thioether (sulfide) groups is 1. The van der Waals surface area contributed by atoms with Crippen LogP contribution in [0.25, 0.3) is 0 Å². The van der Waals surface area contributed by atoms with E-state index in [9.17, 15) is 13.2 Å². The Morgan fingerprint density at radius 2 is 2.18 bits per heavy atom. The topological polar surface area (TPSA) is 54.5 Å². The van der Waals surface area contributed by atoms with Gasteiger partial charge in [0.2, 0.25) is 5.91 Å². The lowest BCUT2D eigenvalue weighted by Gasteiger charge is -2.30. The molecule has 1 aliphatic rings. The Labute approximate surface area is 108 Å². The predicted octanol–water partition coefficient (Wildman–Crippen LogP) is 1.02. The van der Waals surface area contributed by atoms with E-state index in [1.165, 1.54) is 24.4 Å². The number of carbonyl (C=O) groups excluding carboxylic acids is 1. The van der Waals surface area contributed by atoms with E-state index in [4.69, 9.17) is 0 Å². The van der Waals surface area contributed by atoms with E-state index in [2.05, 4.69) is 6.92 Å². The first-order chi connectivity index (χ1) is 7.88. The van der Waals surface area contributed by atoms with Gasteiger partial charge in [0.25, 0.3) is 0 Å². The van der Waals surface area contributed by atoms with Crippen molar-refractivity contribution in [2.75, 3.05) is 36.6 Å². The Bertz CT molecular complexity index is 354. The molecule has 0 spiro atoms. The predicted molar refractivity (Wildman–Crippen MR) is 72.0 cm³/mol. The van der Waals surface area contributed by atoms with Gasteiger partial charge in [-0.25, -0.2) is 8.42 Å². The van der Waals surface area contributed by atoms with Crippen LogP contribution in [-0.4, -0.2) is 55.8 Å². The highest BCUT2D eigenvalue weighted by atomic mass is 32.2. The number of amides is 1. The molecule has 1 unspecified atom stereocenters. The fraction of sp³-hybridized carbons (Fsp3) is 0.909. The zero-order valence-electron chi connectivity index (χ0n) is 10.5. The van der Waals surface area contributed by atoms with Gasteiger partial charge in [-0.05, 0) is 18.8 Å².